The van der Waals surface area contributed by atoms with Crippen LogP contribution in [0, 0.1) is 6.92 Å². The third-order valence-corrected chi connectivity index (χ3v) is 2.24. The summed E-state index contributed by atoms with van der Waals surface area (Å²) >= 11 is 10.0. The van der Waals surface area contributed by atoms with Gasteiger partial charge in [-0.05, 0) is 24.6 Å². The van der Waals surface area contributed by atoms with E-state index in [0.29, 0.717) is 0 Å². The monoisotopic (exact) mass is 201 g/mol. The van der Waals surface area contributed by atoms with E-state index in [1.165, 1.54) is 0 Å². The SMILES string of the molecule is Cc1ccc(NCCS)cc1Cl. The van der Waals surface area contributed by atoms with Crippen LogP contribution < -0.4 is 5.32 Å². The highest BCUT2D eigenvalue weighted by atomic mass is 35.5. The molecule has 0 aromatic heterocycles. The number of anilines is 1. The van der Waals surface area contributed by atoms with Gasteiger partial charge in [0, 0.05) is 23.0 Å². The van der Waals surface area contributed by atoms with Crippen LogP contribution in [0.25, 0.3) is 0 Å². The highest BCUT2D eigenvalue weighted by Crippen LogP contribution is 2.19. The Morgan fingerprint density at radius 3 is 2.83 bits per heavy atom. The molecule has 0 unspecified atom stereocenters. The van der Waals surface area contributed by atoms with Gasteiger partial charge in [-0.1, -0.05) is 17.7 Å². The molecule has 1 rings (SSSR count). The van der Waals surface area contributed by atoms with E-state index in [9.17, 15) is 0 Å². The van der Waals surface area contributed by atoms with E-state index < -0.39 is 0 Å². The lowest BCUT2D eigenvalue weighted by molar-refractivity contribution is 1.23. The van der Waals surface area contributed by atoms with Crippen LogP contribution in [0.1, 0.15) is 5.56 Å². The number of thiol groups is 1. The number of benzene rings is 1. The van der Waals surface area contributed by atoms with Crippen LogP contribution in [-0.4, -0.2) is 12.3 Å². The van der Waals surface area contributed by atoms with Gasteiger partial charge in [0.05, 0.1) is 0 Å². The molecule has 0 spiro atoms. The zero-order chi connectivity index (χ0) is 8.97. The molecule has 1 aromatic carbocycles. The van der Waals surface area contributed by atoms with Gasteiger partial charge in [0.15, 0.2) is 0 Å². The van der Waals surface area contributed by atoms with Crippen LogP contribution in [0.4, 0.5) is 5.69 Å². The highest BCUT2D eigenvalue weighted by molar-refractivity contribution is 7.80. The van der Waals surface area contributed by atoms with Crippen LogP contribution in [0.2, 0.25) is 5.02 Å². The molecule has 0 atom stereocenters. The van der Waals surface area contributed by atoms with E-state index >= 15 is 0 Å². The number of hydrogen-bond acceptors (Lipinski definition) is 2. The topological polar surface area (TPSA) is 12.0 Å². The first-order valence-corrected chi connectivity index (χ1v) is 4.86. The van der Waals surface area contributed by atoms with Crippen LogP contribution in [0.15, 0.2) is 18.2 Å². The first kappa shape index (κ1) is 9.75. The van der Waals surface area contributed by atoms with Crippen LogP contribution >= 0.6 is 24.2 Å². The molecule has 0 amide bonds. The van der Waals surface area contributed by atoms with Crippen LogP contribution in [0.3, 0.4) is 0 Å². The summed E-state index contributed by atoms with van der Waals surface area (Å²) in [6.45, 7) is 2.85. The molecule has 0 bridgehead atoms. The Kier molecular flexibility index (Phi) is 3.76. The van der Waals surface area contributed by atoms with Crippen molar-refractivity contribution in [1.82, 2.24) is 0 Å². The molecule has 3 heteroatoms. The first-order valence-electron chi connectivity index (χ1n) is 3.85. The van der Waals surface area contributed by atoms with Crippen molar-refractivity contribution in [2.75, 3.05) is 17.6 Å². The van der Waals surface area contributed by atoms with Crippen molar-refractivity contribution in [2.24, 2.45) is 0 Å². The van der Waals surface area contributed by atoms with E-state index in [0.717, 1.165) is 28.6 Å². The summed E-state index contributed by atoms with van der Waals surface area (Å²) in [5, 5.41) is 4.01. The molecule has 1 nitrogen and oxygen atoms in total. The number of aryl methyl sites for hydroxylation is 1. The van der Waals surface area contributed by atoms with Crippen molar-refractivity contribution in [3.8, 4) is 0 Å². The molecule has 0 fully saturated rings. The normalized spacial score (nSPS) is 9.92. The van der Waals surface area contributed by atoms with Crippen LogP contribution in [0.5, 0.6) is 0 Å². The minimum atomic E-state index is 0.805. The third-order valence-electron chi connectivity index (χ3n) is 1.61. The smallest absolute Gasteiger partial charge is 0.0455 e. The molecule has 0 aliphatic heterocycles. The molecular weight excluding hydrogens is 190 g/mol. The standard InChI is InChI=1S/C9H12ClNS/c1-7-2-3-8(6-9(7)10)11-4-5-12/h2-3,6,11-12H,4-5H2,1H3. The summed E-state index contributed by atoms with van der Waals surface area (Å²) in [5.41, 5.74) is 2.16. The lowest BCUT2D eigenvalue weighted by atomic mass is 10.2. The van der Waals surface area contributed by atoms with Gasteiger partial charge in [0.25, 0.3) is 0 Å². The Hall–Kier alpha value is -0.340. The van der Waals surface area contributed by atoms with Crippen molar-refractivity contribution in [3.05, 3.63) is 28.8 Å². The lowest BCUT2D eigenvalue weighted by Gasteiger charge is -2.05. The van der Waals surface area contributed by atoms with Crippen molar-refractivity contribution < 1.29 is 0 Å². The van der Waals surface area contributed by atoms with Gasteiger partial charge >= 0.3 is 0 Å². The summed E-state index contributed by atoms with van der Waals surface area (Å²) in [6, 6.07) is 5.95. The van der Waals surface area contributed by atoms with Gasteiger partial charge in [-0.3, -0.25) is 0 Å². The predicted molar refractivity (Wildman–Crippen MR) is 58.5 cm³/mol. The van der Waals surface area contributed by atoms with Crippen molar-refractivity contribution in [1.29, 1.82) is 0 Å². The average Bonchev–Trinajstić information content (AvgIpc) is 2.07. The Morgan fingerprint density at radius 1 is 1.50 bits per heavy atom. The van der Waals surface area contributed by atoms with E-state index in [-0.39, 0.29) is 0 Å². The quantitative estimate of drug-likeness (QED) is 0.717. The minimum Gasteiger partial charge on any atom is -0.384 e. The summed E-state index contributed by atoms with van der Waals surface area (Å²) in [5.74, 6) is 0.825. The predicted octanol–water partition coefficient (Wildman–Crippen LogP) is 2.99. The second-order valence-electron chi connectivity index (χ2n) is 2.61. The Labute approximate surface area is 83.5 Å². The van der Waals surface area contributed by atoms with E-state index in [1.54, 1.807) is 0 Å². The fourth-order valence-electron chi connectivity index (χ4n) is 0.903. The molecule has 1 N–H and O–H groups in total. The van der Waals surface area contributed by atoms with Crippen molar-refractivity contribution in [2.45, 2.75) is 6.92 Å². The average molecular weight is 202 g/mol. The van der Waals surface area contributed by atoms with E-state index in [2.05, 4.69) is 17.9 Å². The molecule has 0 saturated heterocycles. The molecule has 12 heavy (non-hydrogen) atoms. The maximum atomic E-state index is 5.93. The maximum Gasteiger partial charge on any atom is 0.0455 e. The third kappa shape index (κ3) is 2.61. The Morgan fingerprint density at radius 2 is 2.25 bits per heavy atom. The van der Waals surface area contributed by atoms with E-state index in [4.69, 9.17) is 11.6 Å². The first-order chi connectivity index (χ1) is 5.74. The van der Waals surface area contributed by atoms with Gasteiger partial charge < -0.3 is 5.32 Å². The van der Waals surface area contributed by atoms with E-state index in [1.807, 2.05) is 25.1 Å². The van der Waals surface area contributed by atoms with Crippen molar-refractivity contribution in [3.63, 3.8) is 0 Å². The Balaban J connectivity index is 2.69. The number of halogens is 1. The fourth-order valence-corrected chi connectivity index (χ4v) is 1.20. The van der Waals surface area contributed by atoms with Gasteiger partial charge in [-0.15, -0.1) is 0 Å². The fraction of sp³-hybridized carbons (Fsp3) is 0.333. The number of hydrogen-bond donors (Lipinski definition) is 2. The van der Waals surface area contributed by atoms with Gasteiger partial charge in [0.1, 0.15) is 0 Å². The Bertz CT molecular complexity index is 263. The number of nitrogens with one attached hydrogen (secondary N) is 1. The number of rotatable bonds is 3. The van der Waals surface area contributed by atoms with Gasteiger partial charge in [0.2, 0.25) is 0 Å². The highest BCUT2D eigenvalue weighted by Gasteiger charge is 1.95. The minimum absolute atomic E-state index is 0.805. The second-order valence-corrected chi connectivity index (χ2v) is 3.47. The summed E-state index contributed by atoms with van der Waals surface area (Å²) in [7, 11) is 0. The molecular formula is C9H12ClNS. The van der Waals surface area contributed by atoms with Gasteiger partial charge in [-0.2, -0.15) is 12.6 Å². The summed E-state index contributed by atoms with van der Waals surface area (Å²) in [4.78, 5) is 0. The molecule has 0 radical (unpaired) electrons. The zero-order valence-corrected chi connectivity index (χ0v) is 8.62. The lowest BCUT2D eigenvalue weighted by Crippen LogP contribution is -2.02. The zero-order valence-electron chi connectivity index (χ0n) is 6.97. The largest absolute Gasteiger partial charge is 0.384 e. The molecule has 0 aliphatic rings. The maximum absolute atomic E-state index is 5.93. The molecule has 0 saturated carbocycles. The molecule has 66 valence electrons. The second kappa shape index (κ2) is 4.63. The van der Waals surface area contributed by atoms with Gasteiger partial charge in [-0.25, -0.2) is 0 Å². The summed E-state index contributed by atoms with van der Waals surface area (Å²) < 4.78 is 0. The molecule has 0 heterocycles. The van der Waals surface area contributed by atoms with Crippen molar-refractivity contribution >= 4 is 29.9 Å². The molecule has 0 aliphatic carbocycles. The van der Waals surface area contributed by atoms with Crippen LogP contribution in [-0.2, 0) is 0 Å². The summed E-state index contributed by atoms with van der Waals surface area (Å²) in [6.07, 6.45) is 0. The molecule has 1 aromatic rings.